The van der Waals surface area contributed by atoms with Gasteiger partial charge in [0.05, 0.1) is 21.8 Å². The number of carbonyl (C=O) groups excluding carboxylic acids is 1. The molecule has 0 saturated carbocycles. The van der Waals surface area contributed by atoms with Gasteiger partial charge in [0.2, 0.25) is 10.0 Å². The van der Waals surface area contributed by atoms with Crippen molar-refractivity contribution in [3.63, 3.8) is 0 Å². The zero-order valence-electron chi connectivity index (χ0n) is 15.8. The van der Waals surface area contributed by atoms with E-state index in [-0.39, 0.29) is 22.4 Å². The number of nitrogens with one attached hydrogen (secondary N) is 1. The SMILES string of the molecule is C[C@H](NC(=O)c1ccc2c(=O)n3c(nc2c1)CCC3)c1ccc(S(N)(=O)=O)cc1. The summed E-state index contributed by atoms with van der Waals surface area (Å²) in [5.41, 5.74) is 1.58. The molecule has 1 amide bonds. The van der Waals surface area contributed by atoms with E-state index in [2.05, 4.69) is 10.3 Å². The first kappa shape index (κ1) is 19.3. The number of hydrogen-bond acceptors (Lipinski definition) is 5. The molecule has 0 saturated heterocycles. The number of nitrogens with zero attached hydrogens (tertiary/aromatic N) is 2. The Morgan fingerprint density at radius 2 is 1.93 bits per heavy atom. The maximum Gasteiger partial charge on any atom is 0.261 e. The molecule has 1 aliphatic rings. The molecule has 2 aromatic carbocycles. The van der Waals surface area contributed by atoms with Crippen LogP contribution >= 0.6 is 0 Å². The lowest BCUT2D eigenvalue weighted by Crippen LogP contribution is -2.27. The fourth-order valence-corrected chi connectivity index (χ4v) is 4.05. The van der Waals surface area contributed by atoms with Crippen LogP contribution in [-0.2, 0) is 23.0 Å². The summed E-state index contributed by atoms with van der Waals surface area (Å²) in [6.07, 6.45) is 1.65. The Hall–Kier alpha value is -3.04. The lowest BCUT2D eigenvalue weighted by Gasteiger charge is -2.15. The van der Waals surface area contributed by atoms with Gasteiger partial charge in [-0.3, -0.25) is 14.2 Å². The van der Waals surface area contributed by atoms with Crippen LogP contribution in [0.1, 0.15) is 41.1 Å². The molecule has 0 aliphatic carbocycles. The maximum absolute atomic E-state index is 12.7. The molecule has 2 heterocycles. The summed E-state index contributed by atoms with van der Waals surface area (Å²) in [6, 6.07) is 10.5. The average Bonchev–Trinajstić information content (AvgIpc) is 3.16. The van der Waals surface area contributed by atoms with E-state index in [1.807, 2.05) is 0 Å². The maximum atomic E-state index is 12.7. The summed E-state index contributed by atoms with van der Waals surface area (Å²) in [7, 11) is -3.76. The molecule has 1 aromatic heterocycles. The highest BCUT2D eigenvalue weighted by Gasteiger charge is 2.18. The van der Waals surface area contributed by atoms with Crippen molar-refractivity contribution in [1.29, 1.82) is 0 Å². The summed E-state index contributed by atoms with van der Waals surface area (Å²) in [5.74, 6) is 0.445. The van der Waals surface area contributed by atoms with Gasteiger partial charge in [-0.2, -0.15) is 0 Å². The number of primary sulfonamides is 1. The molecule has 3 aromatic rings. The van der Waals surface area contributed by atoms with Gasteiger partial charge >= 0.3 is 0 Å². The Balaban J connectivity index is 1.57. The van der Waals surface area contributed by atoms with Gasteiger partial charge in [0.25, 0.3) is 11.5 Å². The van der Waals surface area contributed by atoms with Gasteiger partial charge in [-0.25, -0.2) is 18.5 Å². The standard InChI is InChI=1S/C20H20N4O4S/c1-12(13-4-7-15(8-5-13)29(21,27)28)22-19(25)14-6-9-16-17(11-14)23-18-3-2-10-24(18)20(16)26/h4-9,11-12H,2-3,10H2,1H3,(H,22,25)(H2,21,27,28)/t12-/m0/s1. The molecule has 1 aliphatic heterocycles. The van der Waals surface area contributed by atoms with Crippen LogP contribution in [0.15, 0.2) is 52.2 Å². The summed E-state index contributed by atoms with van der Waals surface area (Å²) >= 11 is 0. The Bertz CT molecular complexity index is 1280. The molecule has 0 unspecified atom stereocenters. The Labute approximate surface area is 167 Å². The molecule has 0 spiro atoms. The molecule has 0 fully saturated rings. The molecule has 9 heteroatoms. The predicted octanol–water partition coefficient (Wildman–Crippen LogP) is 1.48. The van der Waals surface area contributed by atoms with Crippen molar-refractivity contribution >= 4 is 26.8 Å². The molecular weight excluding hydrogens is 392 g/mol. The van der Waals surface area contributed by atoms with E-state index in [4.69, 9.17) is 5.14 Å². The third-order valence-electron chi connectivity index (χ3n) is 5.13. The van der Waals surface area contributed by atoms with Crippen LogP contribution < -0.4 is 16.0 Å². The molecular formula is C20H20N4O4S. The van der Waals surface area contributed by atoms with Crippen molar-refractivity contribution in [2.24, 2.45) is 5.14 Å². The largest absolute Gasteiger partial charge is 0.346 e. The van der Waals surface area contributed by atoms with Crippen LogP contribution in [0.2, 0.25) is 0 Å². The number of sulfonamides is 1. The van der Waals surface area contributed by atoms with Crippen molar-refractivity contribution in [3.05, 3.63) is 69.8 Å². The number of nitrogens with two attached hydrogens (primary N) is 1. The molecule has 150 valence electrons. The fourth-order valence-electron chi connectivity index (χ4n) is 3.53. The first-order valence-electron chi connectivity index (χ1n) is 9.21. The van der Waals surface area contributed by atoms with Crippen LogP contribution in [0.5, 0.6) is 0 Å². The molecule has 4 rings (SSSR count). The number of carbonyl (C=O) groups is 1. The highest BCUT2D eigenvalue weighted by molar-refractivity contribution is 7.89. The predicted molar refractivity (Wildman–Crippen MR) is 108 cm³/mol. The minimum atomic E-state index is -3.76. The molecule has 3 N–H and O–H groups in total. The molecule has 8 nitrogen and oxygen atoms in total. The van der Waals surface area contributed by atoms with E-state index in [0.29, 0.717) is 23.0 Å². The quantitative estimate of drug-likeness (QED) is 0.672. The van der Waals surface area contributed by atoms with Gasteiger partial charge in [-0.05, 0) is 49.2 Å². The summed E-state index contributed by atoms with van der Waals surface area (Å²) in [5, 5.41) is 8.47. The second kappa shape index (κ2) is 7.09. The lowest BCUT2D eigenvalue weighted by molar-refractivity contribution is 0.0940. The lowest BCUT2D eigenvalue weighted by atomic mass is 10.1. The van der Waals surface area contributed by atoms with Crippen molar-refractivity contribution in [3.8, 4) is 0 Å². The highest BCUT2D eigenvalue weighted by atomic mass is 32.2. The minimum Gasteiger partial charge on any atom is -0.346 e. The normalized spacial score (nSPS) is 14.6. The third kappa shape index (κ3) is 3.66. The topological polar surface area (TPSA) is 124 Å². The number of fused-ring (bicyclic) bond motifs is 2. The van der Waals surface area contributed by atoms with E-state index in [1.54, 1.807) is 41.8 Å². The smallest absolute Gasteiger partial charge is 0.261 e. The van der Waals surface area contributed by atoms with Crippen LogP contribution in [0.4, 0.5) is 0 Å². The van der Waals surface area contributed by atoms with Gasteiger partial charge in [-0.1, -0.05) is 12.1 Å². The number of rotatable bonds is 4. The minimum absolute atomic E-state index is 0.0131. The summed E-state index contributed by atoms with van der Waals surface area (Å²) in [6.45, 7) is 2.48. The molecule has 1 atom stereocenters. The Morgan fingerprint density at radius 1 is 1.21 bits per heavy atom. The van der Waals surface area contributed by atoms with Crippen LogP contribution in [0.25, 0.3) is 10.9 Å². The molecule has 0 radical (unpaired) electrons. The number of aryl methyl sites for hydroxylation is 1. The molecule has 29 heavy (non-hydrogen) atoms. The van der Waals surface area contributed by atoms with Gasteiger partial charge in [0.1, 0.15) is 5.82 Å². The van der Waals surface area contributed by atoms with Crippen molar-refractivity contribution in [2.45, 2.75) is 37.2 Å². The molecule has 0 bridgehead atoms. The number of benzene rings is 2. The van der Waals surface area contributed by atoms with Crippen molar-refractivity contribution in [1.82, 2.24) is 14.9 Å². The van der Waals surface area contributed by atoms with Crippen molar-refractivity contribution in [2.75, 3.05) is 0 Å². The zero-order valence-corrected chi connectivity index (χ0v) is 16.6. The van der Waals surface area contributed by atoms with Crippen LogP contribution in [-0.4, -0.2) is 23.9 Å². The van der Waals surface area contributed by atoms with E-state index >= 15 is 0 Å². The summed E-state index contributed by atoms with van der Waals surface area (Å²) in [4.78, 5) is 29.8. The van der Waals surface area contributed by atoms with E-state index < -0.39 is 10.0 Å². The second-order valence-electron chi connectivity index (χ2n) is 7.13. The average molecular weight is 412 g/mol. The van der Waals surface area contributed by atoms with Gasteiger partial charge in [0.15, 0.2) is 0 Å². The van der Waals surface area contributed by atoms with Crippen LogP contribution in [0, 0.1) is 0 Å². The number of hydrogen-bond donors (Lipinski definition) is 2. The third-order valence-corrected chi connectivity index (χ3v) is 6.06. The summed E-state index contributed by atoms with van der Waals surface area (Å²) < 4.78 is 24.4. The van der Waals surface area contributed by atoms with Crippen molar-refractivity contribution < 1.29 is 13.2 Å². The van der Waals surface area contributed by atoms with Gasteiger partial charge in [-0.15, -0.1) is 0 Å². The van der Waals surface area contributed by atoms with E-state index in [1.165, 1.54) is 12.1 Å². The first-order chi connectivity index (χ1) is 13.7. The number of aromatic nitrogens is 2. The van der Waals surface area contributed by atoms with E-state index in [0.717, 1.165) is 24.2 Å². The fraction of sp³-hybridized carbons (Fsp3) is 0.250. The zero-order chi connectivity index (χ0) is 20.8. The number of amides is 1. The van der Waals surface area contributed by atoms with Gasteiger partial charge in [0, 0.05) is 18.5 Å². The van der Waals surface area contributed by atoms with E-state index in [9.17, 15) is 18.0 Å². The first-order valence-corrected chi connectivity index (χ1v) is 10.8. The monoisotopic (exact) mass is 412 g/mol. The Morgan fingerprint density at radius 3 is 2.62 bits per heavy atom. The Kier molecular flexibility index (Phi) is 4.71. The van der Waals surface area contributed by atoms with Crippen LogP contribution in [0.3, 0.4) is 0 Å². The second-order valence-corrected chi connectivity index (χ2v) is 8.69. The highest BCUT2D eigenvalue weighted by Crippen LogP contribution is 2.19. The van der Waals surface area contributed by atoms with Gasteiger partial charge < -0.3 is 5.32 Å².